The van der Waals surface area contributed by atoms with Crippen molar-refractivity contribution in [2.75, 3.05) is 30.8 Å². The number of ether oxygens (including phenoxy) is 1. The minimum absolute atomic E-state index is 0.655. The zero-order valence-electron chi connectivity index (χ0n) is 11.9. The van der Waals surface area contributed by atoms with Gasteiger partial charge in [0.1, 0.15) is 6.33 Å². The highest BCUT2D eigenvalue weighted by molar-refractivity contribution is 5.63. The van der Waals surface area contributed by atoms with Crippen LogP contribution in [0.15, 0.2) is 36.7 Å². The van der Waals surface area contributed by atoms with Crippen LogP contribution in [0.2, 0.25) is 0 Å². The lowest BCUT2D eigenvalue weighted by Gasteiger charge is -2.13. The molecular formula is C15H20N4O. The fourth-order valence-electron chi connectivity index (χ4n) is 1.96. The van der Waals surface area contributed by atoms with Gasteiger partial charge in [0, 0.05) is 13.1 Å². The van der Waals surface area contributed by atoms with Gasteiger partial charge in [-0.2, -0.15) is 0 Å². The molecule has 0 aliphatic heterocycles. The first-order chi connectivity index (χ1) is 9.85. The Balaban J connectivity index is 2.00. The minimum atomic E-state index is 0.655. The second-order valence-corrected chi connectivity index (χ2v) is 4.30. The Morgan fingerprint density at radius 1 is 1.05 bits per heavy atom. The SMILES string of the molecule is CCNc1ncnc(NCCc2ccccc2)c1OC. The van der Waals surface area contributed by atoms with Gasteiger partial charge in [0.15, 0.2) is 11.6 Å². The summed E-state index contributed by atoms with van der Waals surface area (Å²) in [5.74, 6) is 2.09. The molecule has 0 atom stereocenters. The van der Waals surface area contributed by atoms with Gasteiger partial charge in [0.2, 0.25) is 5.75 Å². The van der Waals surface area contributed by atoms with Gasteiger partial charge in [0.25, 0.3) is 0 Å². The summed E-state index contributed by atoms with van der Waals surface area (Å²) in [5, 5.41) is 6.45. The molecule has 0 fully saturated rings. The third kappa shape index (κ3) is 3.60. The first-order valence-corrected chi connectivity index (χ1v) is 6.75. The second-order valence-electron chi connectivity index (χ2n) is 4.30. The Morgan fingerprint density at radius 3 is 2.40 bits per heavy atom. The maximum atomic E-state index is 5.38. The molecule has 1 heterocycles. The minimum Gasteiger partial charge on any atom is -0.490 e. The Kier molecular flexibility index (Phi) is 5.17. The third-order valence-electron chi connectivity index (χ3n) is 2.90. The molecule has 0 saturated carbocycles. The van der Waals surface area contributed by atoms with Gasteiger partial charge < -0.3 is 15.4 Å². The molecule has 2 aromatic rings. The van der Waals surface area contributed by atoms with Crippen LogP contribution < -0.4 is 15.4 Å². The fourth-order valence-corrected chi connectivity index (χ4v) is 1.96. The first-order valence-electron chi connectivity index (χ1n) is 6.75. The molecule has 106 valence electrons. The maximum Gasteiger partial charge on any atom is 0.204 e. The number of nitrogens with zero attached hydrogens (tertiary/aromatic N) is 2. The molecule has 0 unspecified atom stereocenters. The molecule has 0 aliphatic carbocycles. The molecule has 0 radical (unpaired) electrons. The van der Waals surface area contributed by atoms with Gasteiger partial charge in [0.05, 0.1) is 7.11 Å². The van der Waals surface area contributed by atoms with Crippen LogP contribution in [0.4, 0.5) is 11.6 Å². The van der Waals surface area contributed by atoms with Crippen molar-refractivity contribution in [2.24, 2.45) is 0 Å². The molecule has 0 aliphatic rings. The van der Waals surface area contributed by atoms with E-state index in [1.54, 1.807) is 7.11 Å². The van der Waals surface area contributed by atoms with E-state index < -0.39 is 0 Å². The van der Waals surface area contributed by atoms with Crippen molar-refractivity contribution < 1.29 is 4.74 Å². The normalized spacial score (nSPS) is 10.1. The average Bonchev–Trinajstić information content (AvgIpc) is 2.49. The molecule has 2 rings (SSSR count). The maximum absolute atomic E-state index is 5.38. The van der Waals surface area contributed by atoms with E-state index in [1.165, 1.54) is 11.9 Å². The largest absolute Gasteiger partial charge is 0.490 e. The van der Waals surface area contributed by atoms with Crippen LogP contribution in [-0.2, 0) is 6.42 Å². The van der Waals surface area contributed by atoms with E-state index in [-0.39, 0.29) is 0 Å². The summed E-state index contributed by atoms with van der Waals surface area (Å²) < 4.78 is 5.38. The van der Waals surface area contributed by atoms with Crippen LogP contribution in [0.25, 0.3) is 0 Å². The molecule has 0 saturated heterocycles. The molecule has 0 spiro atoms. The summed E-state index contributed by atoms with van der Waals surface area (Å²) >= 11 is 0. The van der Waals surface area contributed by atoms with Gasteiger partial charge >= 0.3 is 0 Å². The zero-order chi connectivity index (χ0) is 14.2. The molecule has 5 heteroatoms. The highest BCUT2D eigenvalue weighted by Gasteiger charge is 2.10. The van der Waals surface area contributed by atoms with Gasteiger partial charge in [-0.15, -0.1) is 0 Å². The Morgan fingerprint density at radius 2 is 1.75 bits per heavy atom. The summed E-state index contributed by atoms with van der Waals surface area (Å²) in [5.41, 5.74) is 1.29. The average molecular weight is 272 g/mol. The van der Waals surface area contributed by atoms with Gasteiger partial charge in [-0.25, -0.2) is 9.97 Å². The number of benzene rings is 1. The lowest BCUT2D eigenvalue weighted by Crippen LogP contribution is -2.10. The second kappa shape index (κ2) is 7.33. The summed E-state index contributed by atoms with van der Waals surface area (Å²) in [6.07, 6.45) is 2.47. The predicted molar refractivity (Wildman–Crippen MR) is 81.4 cm³/mol. The number of nitrogens with one attached hydrogen (secondary N) is 2. The van der Waals surface area contributed by atoms with E-state index in [0.717, 1.165) is 25.3 Å². The van der Waals surface area contributed by atoms with Crippen molar-refractivity contribution in [3.8, 4) is 5.75 Å². The van der Waals surface area contributed by atoms with E-state index in [4.69, 9.17) is 4.74 Å². The monoisotopic (exact) mass is 272 g/mol. The lowest BCUT2D eigenvalue weighted by molar-refractivity contribution is 0.414. The summed E-state index contributed by atoms with van der Waals surface area (Å²) in [4.78, 5) is 8.42. The van der Waals surface area contributed by atoms with E-state index >= 15 is 0 Å². The van der Waals surface area contributed by atoms with E-state index in [2.05, 4.69) is 32.7 Å². The Bertz CT molecular complexity index is 531. The van der Waals surface area contributed by atoms with Crippen molar-refractivity contribution in [3.63, 3.8) is 0 Å². The van der Waals surface area contributed by atoms with Crippen LogP contribution in [0.5, 0.6) is 5.75 Å². The molecule has 1 aromatic heterocycles. The predicted octanol–water partition coefficient (Wildman–Crippen LogP) is 2.57. The summed E-state index contributed by atoms with van der Waals surface area (Å²) in [6, 6.07) is 10.3. The molecule has 5 nitrogen and oxygen atoms in total. The molecule has 20 heavy (non-hydrogen) atoms. The highest BCUT2D eigenvalue weighted by Crippen LogP contribution is 2.28. The fraction of sp³-hybridized carbons (Fsp3) is 0.333. The zero-order valence-corrected chi connectivity index (χ0v) is 11.9. The lowest BCUT2D eigenvalue weighted by atomic mass is 10.1. The Labute approximate surface area is 119 Å². The van der Waals surface area contributed by atoms with Gasteiger partial charge in [-0.3, -0.25) is 0 Å². The smallest absolute Gasteiger partial charge is 0.204 e. The van der Waals surface area contributed by atoms with Crippen molar-refractivity contribution in [1.82, 2.24) is 9.97 Å². The summed E-state index contributed by atoms with van der Waals surface area (Å²) in [6.45, 7) is 3.60. The summed E-state index contributed by atoms with van der Waals surface area (Å²) in [7, 11) is 1.63. The molecular weight excluding hydrogens is 252 g/mol. The molecule has 1 aromatic carbocycles. The molecule has 2 N–H and O–H groups in total. The van der Waals surface area contributed by atoms with Crippen molar-refractivity contribution in [2.45, 2.75) is 13.3 Å². The quantitative estimate of drug-likeness (QED) is 0.811. The van der Waals surface area contributed by atoms with E-state index in [1.807, 2.05) is 25.1 Å². The number of aromatic nitrogens is 2. The van der Waals surface area contributed by atoms with Crippen LogP contribution in [0, 0.1) is 0 Å². The van der Waals surface area contributed by atoms with Gasteiger partial charge in [-0.1, -0.05) is 30.3 Å². The number of anilines is 2. The van der Waals surface area contributed by atoms with Crippen LogP contribution in [0.3, 0.4) is 0 Å². The van der Waals surface area contributed by atoms with Gasteiger partial charge in [-0.05, 0) is 18.9 Å². The molecule has 0 bridgehead atoms. The molecule has 0 amide bonds. The van der Waals surface area contributed by atoms with Crippen molar-refractivity contribution in [1.29, 1.82) is 0 Å². The van der Waals surface area contributed by atoms with Crippen LogP contribution >= 0.6 is 0 Å². The van der Waals surface area contributed by atoms with E-state index in [9.17, 15) is 0 Å². The number of rotatable bonds is 7. The van der Waals surface area contributed by atoms with Crippen LogP contribution in [-0.4, -0.2) is 30.2 Å². The third-order valence-corrected chi connectivity index (χ3v) is 2.90. The van der Waals surface area contributed by atoms with E-state index in [0.29, 0.717) is 11.6 Å². The van der Waals surface area contributed by atoms with Crippen molar-refractivity contribution >= 4 is 11.6 Å². The Hall–Kier alpha value is -2.30. The standard InChI is InChI=1S/C15H20N4O/c1-3-16-14-13(20-2)15(19-11-18-14)17-10-9-12-7-5-4-6-8-12/h4-8,11H,3,9-10H2,1-2H3,(H2,16,17,18,19). The number of methoxy groups -OCH3 is 1. The van der Waals surface area contributed by atoms with Crippen molar-refractivity contribution in [3.05, 3.63) is 42.2 Å². The highest BCUT2D eigenvalue weighted by atomic mass is 16.5. The van der Waals surface area contributed by atoms with Crippen LogP contribution in [0.1, 0.15) is 12.5 Å². The number of hydrogen-bond acceptors (Lipinski definition) is 5. The topological polar surface area (TPSA) is 59.1 Å². The first kappa shape index (κ1) is 14.1. The number of hydrogen-bond donors (Lipinski definition) is 2.